The van der Waals surface area contributed by atoms with E-state index < -0.39 is 0 Å². The number of aromatic nitrogens is 1. The van der Waals surface area contributed by atoms with E-state index in [1.54, 1.807) is 0 Å². The summed E-state index contributed by atoms with van der Waals surface area (Å²) in [6.07, 6.45) is 4.57. The van der Waals surface area contributed by atoms with Gasteiger partial charge in [0, 0.05) is 32.8 Å². The van der Waals surface area contributed by atoms with Crippen LogP contribution in [-0.4, -0.2) is 10.4 Å². The van der Waals surface area contributed by atoms with Crippen molar-refractivity contribution in [3.8, 4) is 5.69 Å². The summed E-state index contributed by atoms with van der Waals surface area (Å²) in [5.41, 5.74) is 4.27. The average molecular weight is 383 g/mol. The second-order valence-corrected chi connectivity index (χ2v) is 6.61. The highest BCUT2D eigenvalue weighted by atomic mass is 79.9. The lowest BCUT2D eigenvalue weighted by molar-refractivity contribution is 0.0972. The van der Waals surface area contributed by atoms with Gasteiger partial charge >= 0.3 is 0 Å². The summed E-state index contributed by atoms with van der Waals surface area (Å²) < 4.78 is 4.20. The van der Waals surface area contributed by atoms with Crippen LogP contribution in [0.1, 0.15) is 34.5 Å². The largest absolute Gasteiger partial charge is 0.318 e. The van der Waals surface area contributed by atoms with Gasteiger partial charge in [0.05, 0.1) is 5.69 Å². The van der Waals surface area contributed by atoms with Gasteiger partial charge < -0.3 is 4.57 Å². The Labute approximate surface area is 129 Å². The van der Waals surface area contributed by atoms with E-state index in [1.165, 1.54) is 5.56 Å². The minimum absolute atomic E-state index is 0.263. The second-order valence-electron chi connectivity index (χ2n) is 4.90. The molecule has 3 rings (SSSR count). The van der Waals surface area contributed by atoms with Crippen molar-refractivity contribution in [2.75, 3.05) is 0 Å². The molecule has 2 aromatic rings. The summed E-state index contributed by atoms with van der Waals surface area (Å²) >= 11 is 7.25. The number of halogens is 2. The van der Waals surface area contributed by atoms with Gasteiger partial charge in [0.1, 0.15) is 0 Å². The summed E-state index contributed by atoms with van der Waals surface area (Å²) in [6, 6.07) is 6.13. The number of hydrogen-bond donors (Lipinski definition) is 0. The molecule has 19 heavy (non-hydrogen) atoms. The van der Waals surface area contributed by atoms with Gasteiger partial charge in [-0.3, -0.25) is 4.79 Å². The van der Waals surface area contributed by atoms with Crippen molar-refractivity contribution >= 4 is 37.6 Å². The van der Waals surface area contributed by atoms with E-state index in [2.05, 4.69) is 55.5 Å². The van der Waals surface area contributed by atoms with Crippen molar-refractivity contribution in [2.24, 2.45) is 0 Å². The minimum atomic E-state index is 0.263. The first-order valence-corrected chi connectivity index (χ1v) is 7.86. The zero-order valence-electron chi connectivity index (χ0n) is 10.5. The van der Waals surface area contributed by atoms with Gasteiger partial charge in [0.2, 0.25) is 0 Å². The van der Waals surface area contributed by atoms with Gasteiger partial charge in [-0.1, -0.05) is 0 Å². The molecule has 0 unspecified atom stereocenters. The number of rotatable bonds is 1. The Kier molecular flexibility index (Phi) is 3.39. The van der Waals surface area contributed by atoms with Gasteiger partial charge in [-0.2, -0.15) is 0 Å². The fourth-order valence-electron chi connectivity index (χ4n) is 2.66. The molecule has 0 fully saturated rings. The predicted octanol–water partition coefficient (Wildman–Crippen LogP) is 4.83. The molecular weight excluding hydrogens is 370 g/mol. The molecule has 0 spiro atoms. The normalized spacial score (nSPS) is 14.6. The molecule has 0 saturated carbocycles. The highest BCUT2D eigenvalue weighted by Crippen LogP contribution is 2.34. The molecule has 0 radical (unpaired) electrons. The lowest BCUT2D eigenvalue weighted by Crippen LogP contribution is -2.12. The quantitative estimate of drug-likeness (QED) is 0.692. The summed E-state index contributed by atoms with van der Waals surface area (Å²) in [5.74, 6) is 0.263. The third kappa shape index (κ3) is 2.21. The Bertz CT molecular complexity index is 650. The van der Waals surface area contributed by atoms with Crippen LogP contribution in [0.25, 0.3) is 5.69 Å². The van der Waals surface area contributed by atoms with E-state index in [0.29, 0.717) is 6.42 Å². The maximum atomic E-state index is 11.9. The lowest BCUT2D eigenvalue weighted by Gasteiger charge is -2.17. The number of carbonyl (C=O) groups is 1. The van der Waals surface area contributed by atoms with Gasteiger partial charge in [-0.05, 0) is 75.4 Å². The molecule has 1 aliphatic rings. The first-order chi connectivity index (χ1) is 9.08. The van der Waals surface area contributed by atoms with E-state index in [0.717, 1.165) is 38.7 Å². The third-order valence-corrected chi connectivity index (χ3v) is 4.72. The van der Waals surface area contributed by atoms with Crippen LogP contribution in [0.2, 0.25) is 0 Å². The van der Waals surface area contributed by atoms with Gasteiger partial charge in [0.25, 0.3) is 0 Å². The van der Waals surface area contributed by atoms with Gasteiger partial charge in [0.15, 0.2) is 5.78 Å². The van der Waals surface area contributed by atoms with E-state index in [1.807, 2.05) is 12.3 Å². The van der Waals surface area contributed by atoms with Crippen molar-refractivity contribution in [3.05, 3.63) is 50.2 Å². The van der Waals surface area contributed by atoms with Crippen molar-refractivity contribution in [3.63, 3.8) is 0 Å². The first kappa shape index (κ1) is 13.1. The number of fused-ring (bicyclic) bond motifs is 1. The van der Waals surface area contributed by atoms with Crippen LogP contribution < -0.4 is 0 Å². The van der Waals surface area contributed by atoms with Crippen LogP contribution in [0.4, 0.5) is 0 Å². The molecule has 98 valence electrons. The number of hydrogen-bond acceptors (Lipinski definition) is 1. The number of nitrogens with zero attached hydrogens (tertiary/aromatic N) is 1. The standard InChI is InChI=1S/C15H13Br2NO/c1-9-7-11(16)15(12(17)8-9)18-6-5-10-13(18)3-2-4-14(10)19/h5-8H,2-4H2,1H3. The number of carbonyl (C=O) groups excluding carboxylic acids is 1. The zero-order chi connectivity index (χ0) is 13.6. The monoisotopic (exact) mass is 381 g/mol. The van der Waals surface area contributed by atoms with Crippen LogP contribution in [0, 0.1) is 6.92 Å². The molecule has 0 saturated heterocycles. The Balaban J connectivity index is 2.21. The molecule has 0 N–H and O–H groups in total. The molecular formula is C15H13Br2NO. The highest BCUT2D eigenvalue weighted by molar-refractivity contribution is 9.11. The van der Waals surface area contributed by atoms with E-state index in [4.69, 9.17) is 0 Å². The molecule has 1 aromatic heterocycles. The lowest BCUT2D eigenvalue weighted by atomic mass is 9.97. The molecule has 1 aliphatic carbocycles. The van der Waals surface area contributed by atoms with E-state index in [-0.39, 0.29) is 5.78 Å². The Morgan fingerprint density at radius 1 is 1.16 bits per heavy atom. The number of benzene rings is 1. The van der Waals surface area contributed by atoms with Crippen LogP contribution in [0.5, 0.6) is 0 Å². The topological polar surface area (TPSA) is 22.0 Å². The molecule has 4 heteroatoms. The summed E-state index contributed by atoms with van der Waals surface area (Å²) in [6.45, 7) is 2.06. The van der Waals surface area contributed by atoms with Crippen LogP contribution in [0.3, 0.4) is 0 Å². The average Bonchev–Trinajstić information content (AvgIpc) is 2.73. The summed E-state index contributed by atoms with van der Waals surface area (Å²) in [7, 11) is 0. The molecule has 2 nitrogen and oxygen atoms in total. The van der Waals surface area contributed by atoms with Crippen molar-refractivity contribution in [2.45, 2.75) is 26.2 Å². The molecule has 0 aliphatic heterocycles. The first-order valence-electron chi connectivity index (χ1n) is 6.27. The smallest absolute Gasteiger partial charge is 0.164 e. The number of aryl methyl sites for hydroxylation is 1. The summed E-state index contributed by atoms with van der Waals surface area (Å²) in [4.78, 5) is 11.9. The summed E-state index contributed by atoms with van der Waals surface area (Å²) in [5, 5.41) is 0. The third-order valence-electron chi connectivity index (χ3n) is 3.51. The van der Waals surface area contributed by atoms with E-state index in [9.17, 15) is 4.79 Å². The molecule has 0 bridgehead atoms. The van der Waals surface area contributed by atoms with Gasteiger partial charge in [-0.25, -0.2) is 0 Å². The zero-order valence-corrected chi connectivity index (χ0v) is 13.7. The fraction of sp³-hybridized carbons (Fsp3) is 0.267. The Morgan fingerprint density at radius 3 is 2.53 bits per heavy atom. The van der Waals surface area contributed by atoms with Crippen molar-refractivity contribution in [1.29, 1.82) is 0 Å². The fourth-order valence-corrected chi connectivity index (χ4v) is 4.45. The van der Waals surface area contributed by atoms with Crippen LogP contribution >= 0.6 is 31.9 Å². The van der Waals surface area contributed by atoms with Crippen LogP contribution in [-0.2, 0) is 6.42 Å². The number of ketones is 1. The van der Waals surface area contributed by atoms with Gasteiger partial charge in [-0.15, -0.1) is 0 Å². The minimum Gasteiger partial charge on any atom is -0.318 e. The second kappa shape index (κ2) is 4.91. The highest BCUT2D eigenvalue weighted by Gasteiger charge is 2.22. The number of Topliss-reactive ketones (excluding diaryl/α,β-unsaturated/α-hetero) is 1. The Morgan fingerprint density at radius 2 is 1.84 bits per heavy atom. The Hall–Kier alpha value is -0.870. The maximum Gasteiger partial charge on any atom is 0.164 e. The maximum absolute atomic E-state index is 11.9. The van der Waals surface area contributed by atoms with Crippen LogP contribution in [0.15, 0.2) is 33.3 Å². The van der Waals surface area contributed by atoms with Crippen molar-refractivity contribution < 1.29 is 4.79 Å². The molecule has 1 aromatic carbocycles. The molecule has 0 atom stereocenters. The predicted molar refractivity (Wildman–Crippen MR) is 83.2 cm³/mol. The molecule has 0 amide bonds. The van der Waals surface area contributed by atoms with E-state index >= 15 is 0 Å². The van der Waals surface area contributed by atoms with Crippen molar-refractivity contribution in [1.82, 2.24) is 4.57 Å². The SMILES string of the molecule is Cc1cc(Br)c(-n2ccc3c2CCCC3=O)c(Br)c1. The molecule has 1 heterocycles.